The van der Waals surface area contributed by atoms with Crippen LogP contribution in [-0.2, 0) is 4.74 Å². The molecular weight excluding hydrogens is 270 g/mol. The summed E-state index contributed by atoms with van der Waals surface area (Å²) < 4.78 is 16.4. The number of nitrogens with zero attached hydrogens (tertiary/aromatic N) is 2. The average molecular weight is 287 g/mol. The van der Waals surface area contributed by atoms with Crippen molar-refractivity contribution in [3.8, 4) is 17.2 Å². The predicted octanol–water partition coefficient (Wildman–Crippen LogP) is 2.36. The van der Waals surface area contributed by atoms with Crippen LogP contribution in [0.2, 0.25) is 0 Å². The summed E-state index contributed by atoms with van der Waals surface area (Å²) in [6.45, 7) is 0. The van der Waals surface area contributed by atoms with Gasteiger partial charge < -0.3 is 19.7 Å². The van der Waals surface area contributed by atoms with E-state index in [9.17, 15) is 0 Å². The lowest BCUT2D eigenvalue weighted by Gasteiger charge is -2.13. The second-order valence-electron chi connectivity index (χ2n) is 5.63. The zero-order valence-corrected chi connectivity index (χ0v) is 11.8. The first-order valence-electron chi connectivity index (χ1n) is 7.17. The van der Waals surface area contributed by atoms with Gasteiger partial charge >= 0.3 is 0 Å². The van der Waals surface area contributed by atoms with Crippen molar-refractivity contribution in [1.29, 1.82) is 0 Å². The topological polar surface area (TPSA) is 83.4 Å². The Bertz CT molecular complexity index is 670. The molecule has 6 nitrogen and oxygen atoms in total. The van der Waals surface area contributed by atoms with E-state index in [0.29, 0.717) is 23.4 Å². The first-order valence-corrected chi connectivity index (χ1v) is 7.17. The molecule has 0 saturated carbocycles. The standard InChI is InChI=1S/C15H17N3O3/c1-19-13-4-2-8(6-11(13)16)15-17-14(18-21-15)10-7-9-3-5-12(10)20-9/h2,4,6,9-10,12H,3,5,7,16H2,1H3. The zero-order chi connectivity index (χ0) is 14.4. The van der Waals surface area contributed by atoms with Crippen molar-refractivity contribution in [2.75, 3.05) is 12.8 Å². The molecule has 21 heavy (non-hydrogen) atoms. The van der Waals surface area contributed by atoms with E-state index in [2.05, 4.69) is 10.1 Å². The van der Waals surface area contributed by atoms with Crippen LogP contribution in [0.5, 0.6) is 5.75 Å². The molecule has 2 fully saturated rings. The van der Waals surface area contributed by atoms with Crippen molar-refractivity contribution in [2.45, 2.75) is 37.4 Å². The van der Waals surface area contributed by atoms with Gasteiger partial charge in [-0.2, -0.15) is 4.98 Å². The summed E-state index contributed by atoms with van der Waals surface area (Å²) in [6, 6.07) is 5.45. The van der Waals surface area contributed by atoms with Gasteiger partial charge in [0.15, 0.2) is 5.82 Å². The number of fused-ring (bicyclic) bond motifs is 2. The third-order valence-electron chi connectivity index (χ3n) is 4.36. The maximum Gasteiger partial charge on any atom is 0.258 e. The number of nitrogens with two attached hydrogens (primary N) is 1. The van der Waals surface area contributed by atoms with Gasteiger partial charge in [-0.15, -0.1) is 0 Å². The molecule has 2 bridgehead atoms. The number of aromatic nitrogens is 2. The van der Waals surface area contributed by atoms with Crippen LogP contribution in [0.25, 0.3) is 11.5 Å². The number of methoxy groups -OCH3 is 1. The highest BCUT2D eigenvalue weighted by atomic mass is 16.5. The zero-order valence-electron chi connectivity index (χ0n) is 11.8. The van der Waals surface area contributed by atoms with Crippen LogP contribution in [0, 0.1) is 0 Å². The lowest BCUT2D eigenvalue weighted by molar-refractivity contribution is 0.0996. The number of hydrogen-bond acceptors (Lipinski definition) is 6. The van der Waals surface area contributed by atoms with Crippen LogP contribution in [0.1, 0.15) is 31.0 Å². The summed E-state index contributed by atoms with van der Waals surface area (Å²) in [4.78, 5) is 4.52. The fraction of sp³-hybridized carbons (Fsp3) is 0.467. The summed E-state index contributed by atoms with van der Waals surface area (Å²) in [6.07, 6.45) is 3.87. The van der Waals surface area contributed by atoms with Crippen LogP contribution in [0.15, 0.2) is 22.7 Å². The Morgan fingerprint density at radius 3 is 2.90 bits per heavy atom. The van der Waals surface area contributed by atoms with Crippen LogP contribution >= 0.6 is 0 Å². The lowest BCUT2D eigenvalue weighted by Crippen LogP contribution is -2.15. The minimum Gasteiger partial charge on any atom is -0.495 e. The quantitative estimate of drug-likeness (QED) is 0.872. The van der Waals surface area contributed by atoms with Gasteiger partial charge in [0.1, 0.15) is 5.75 Å². The van der Waals surface area contributed by atoms with Crippen LogP contribution in [-0.4, -0.2) is 29.5 Å². The SMILES string of the molecule is COc1ccc(-c2nc(C3CC4CCC3O4)no2)cc1N. The molecule has 2 aromatic rings. The molecule has 6 heteroatoms. The highest BCUT2D eigenvalue weighted by Gasteiger charge is 2.43. The molecule has 1 aromatic carbocycles. The molecule has 0 amide bonds. The number of benzene rings is 1. The monoisotopic (exact) mass is 287 g/mol. The molecule has 0 spiro atoms. The van der Waals surface area contributed by atoms with E-state index in [4.69, 9.17) is 19.7 Å². The van der Waals surface area contributed by atoms with E-state index in [1.165, 1.54) is 0 Å². The van der Waals surface area contributed by atoms with Gasteiger partial charge in [-0.1, -0.05) is 5.16 Å². The number of rotatable bonds is 3. The molecule has 2 saturated heterocycles. The highest BCUT2D eigenvalue weighted by molar-refractivity contribution is 5.65. The fourth-order valence-corrected chi connectivity index (χ4v) is 3.28. The van der Waals surface area contributed by atoms with E-state index >= 15 is 0 Å². The maximum atomic E-state index is 5.91. The van der Waals surface area contributed by atoms with Gasteiger partial charge in [0.05, 0.1) is 30.9 Å². The molecule has 2 aliphatic heterocycles. The third kappa shape index (κ3) is 2.06. The minimum atomic E-state index is 0.251. The van der Waals surface area contributed by atoms with Crippen molar-refractivity contribution in [3.63, 3.8) is 0 Å². The largest absolute Gasteiger partial charge is 0.495 e. The number of hydrogen-bond donors (Lipinski definition) is 1. The maximum absolute atomic E-state index is 5.91. The van der Waals surface area contributed by atoms with Crippen LogP contribution < -0.4 is 10.5 Å². The Morgan fingerprint density at radius 1 is 1.33 bits per heavy atom. The van der Waals surface area contributed by atoms with Crippen molar-refractivity contribution < 1.29 is 14.0 Å². The number of anilines is 1. The number of ether oxygens (including phenoxy) is 2. The third-order valence-corrected chi connectivity index (χ3v) is 4.36. The fourth-order valence-electron chi connectivity index (χ4n) is 3.28. The summed E-state index contributed by atoms with van der Waals surface area (Å²) in [5, 5.41) is 4.13. The van der Waals surface area contributed by atoms with Crippen molar-refractivity contribution in [3.05, 3.63) is 24.0 Å². The van der Waals surface area contributed by atoms with Crippen molar-refractivity contribution >= 4 is 5.69 Å². The van der Waals surface area contributed by atoms with Gasteiger partial charge in [-0.25, -0.2) is 0 Å². The van der Waals surface area contributed by atoms with E-state index in [1.54, 1.807) is 19.2 Å². The van der Waals surface area contributed by atoms with Gasteiger partial charge in [0, 0.05) is 5.56 Å². The lowest BCUT2D eigenvalue weighted by atomic mass is 9.89. The second-order valence-corrected chi connectivity index (χ2v) is 5.63. The van der Waals surface area contributed by atoms with Crippen LogP contribution in [0.4, 0.5) is 5.69 Å². The Balaban J connectivity index is 1.61. The highest BCUT2D eigenvalue weighted by Crippen LogP contribution is 2.43. The summed E-state index contributed by atoms with van der Waals surface area (Å²) >= 11 is 0. The Labute approximate surface area is 122 Å². The molecule has 3 atom stereocenters. The molecule has 1 aromatic heterocycles. The molecular formula is C15H17N3O3. The van der Waals surface area contributed by atoms with E-state index in [-0.39, 0.29) is 12.0 Å². The smallest absolute Gasteiger partial charge is 0.258 e. The summed E-state index contributed by atoms with van der Waals surface area (Å²) in [7, 11) is 1.59. The molecule has 0 aliphatic carbocycles. The molecule has 4 rings (SSSR count). The first-order chi connectivity index (χ1) is 10.2. The van der Waals surface area contributed by atoms with E-state index in [0.717, 1.165) is 30.7 Å². The van der Waals surface area contributed by atoms with Gasteiger partial charge in [0.25, 0.3) is 5.89 Å². The Hall–Kier alpha value is -2.08. The molecule has 3 heterocycles. The van der Waals surface area contributed by atoms with Crippen molar-refractivity contribution in [1.82, 2.24) is 10.1 Å². The molecule has 2 N–H and O–H groups in total. The molecule has 3 unspecified atom stereocenters. The molecule has 0 radical (unpaired) electrons. The summed E-state index contributed by atoms with van der Waals surface area (Å²) in [5.74, 6) is 2.13. The summed E-state index contributed by atoms with van der Waals surface area (Å²) in [5.41, 5.74) is 7.27. The molecule has 2 aliphatic rings. The average Bonchev–Trinajstić information content (AvgIpc) is 3.22. The first kappa shape index (κ1) is 12.6. The normalized spacial score (nSPS) is 27.2. The number of nitrogen functional groups attached to an aromatic ring is 1. The molecule has 110 valence electrons. The van der Waals surface area contributed by atoms with Crippen LogP contribution in [0.3, 0.4) is 0 Å². The van der Waals surface area contributed by atoms with Gasteiger partial charge in [-0.05, 0) is 37.5 Å². The predicted molar refractivity (Wildman–Crippen MR) is 76.0 cm³/mol. The van der Waals surface area contributed by atoms with Gasteiger partial charge in [-0.3, -0.25) is 0 Å². The Morgan fingerprint density at radius 2 is 2.24 bits per heavy atom. The van der Waals surface area contributed by atoms with Gasteiger partial charge in [0.2, 0.25) is 0 Å². The van der Waals surface area contributed by atoms with Crippen molar-refractivity contribution in [2.24, 2.45) is 0 Å². The minimum absolute atomic E-state index is 0.251. The Kier molecular flexibility index (Phi) is 2.85. The second kappa shape index (κ2) is 4.73. The van der Waals surface area contributed by atoms with E-state index < -0.39 is 0 Å². The van der Waals surface area contributed by atoms with E-state index in [1.807, 2.05) is 6.07 Å².